The molecule has 1 saturated heterocycles. The summed E-state index contributed by atoms with van der Waals surface area (Å²) in [6.45, 7) is 5.76. The van der Waals surface area contributed by atoms with Crippen molar-refractivity contribution in [1.29, 1.82) is 0 Å². The highest BCUT2D eigenvalue weighted by Gasteiger charge is 2.30. The lowest BCUT2D eigenvalue weighted by molar-refractivity contribution is 0.205. The molecule has 1 aromatic heterocycles. The van der Waals surface area contributed by atoms with E-state index in [-0.39, 0.29) is 0 Å². The number of pyridine rings is 1. The molecule has 3 nitrogen and oxygen atoms in total. The Hall–Kier alpha value is -1.87. The summed E-state index contributed by atoms with van der Waals surface area (Å²) in [6, 6.07) is 15.8. The number of hydrogen-bond acceptors (Lipinski definition) is 3. The number of benzene rings is 1. The van der Waals surface area contributed by atoms with Gasteiger partial charge in [-0.05, 0) is 51.4 Å². The van der Waals surface area contributed by atoms with E-state index in [4.69, 9.17) is 4.98 Å². The Morgan fingerprint density at radius 2 is 1.91 bits per heavy atom. The molecule has 1 fully saturated rings. The molecule has 1 aliphatic rings. The number of rotatable bonds is 4. The maximum absolute atomic E-state index is 4.69. The zero-order chi connectivity index (χ0) is 15.5. The van der Waals surface area contributed by atoms with Crippen LogP contribution >= 0.6 is 0 Å². The summed E-state index contributed by atoms with van der Waals surface area (Å²) in [7, 11) is 2.11. The van der Waals surface area contributed by atoms with Gasteiger partial charge in [-0.1, -0.05) is 24.3 Å². The van der Waals surface area contributed by atoms with Crippen LogP contribution in [0.3, 0.4) is 0 Å². The molecule has 0 radical (unpaired) electrons. The van der Waals surface area contributed by atoms with Crippen molar-refractivity contribution in [3.05, 3.63) is 54.2 Å². The van der Waals surface area contributed by atoms with Gasteiger partial charge in [0.05, 0.1) is 0 Å². The standard InChI is InChI=1S/C19H25N3/c1-15(2)22-14-8-12-18(22)17-11-7-13-20-19(17)21(3)16-9-5-4-6-10-16/h4-7,9-11,13,15,18H,8,12,14H2,1-3H3/t18-/m0/s1. The van der Waals surface area contributed by atoms with Crippen molar-refractivity contribution in [2.24, 2.45) is 0 Å². The largest absolute Gasteiger partial charge is 0.329 e. The highest BCUT2D eigenvalue weighted by molar-refractivity contribution is 5.62. The highest BCUT2D eigenvalue weighted by Crippen LogP contribution is 2.38. The average molecular weight is 295 g/mol. The molecule has 3 heteroatoms. The van der Waals surface area contributed by atoms with Gasteiger partial charge in [-0.3, -0.25) is 4.90 Å². The quantitative estimate of drug-likeness (QED) is 0.833. The molecule has 2 heterocycles. The predicted octanol–water partition coefficient (Wildman–Crippen LogP) is 4.39. The van der Waals surface area contributed by atoms with Gasteiger partial charge in [-0.15, -0.1) is 0 Å². The van der Waals surface area contributed by atoms with Gasteiger partial charge >= 0.3 is 0 Å². The summed E-state index contributed by atoms with van der Waals surface area (Å²) >= 11 is 0. The third-order valence-electron chi connectivity index (χ3n) is 4.59. The average Bonchev–Trinajstić information content (AvgIpc) is 3.05. The van der Waals surface area contributed by atoms with Crippen molar-refractivity contribution in [2.45, 2.75) is 38.8 Å². The second-order valence-electron chi connectivity index (χ2n) is 6.30. The lowest BCUT2D eigenvalue weighted by Crippen LogP contribution is -2.31. The zero-order valence-electron chi connectivity index (χ0n) is 13.7. The number of nitrogens with zero attached hydrogens (tertiary/aromatic N) is 3. The van der Waals surface area contributed by atoms with E-state index in [1.807, 2.05) is 12.3 Å². The van der Waals surface area contributed by atoms with E-state index < -0.39 is 0 Å². The zero-order valence-corrected chi connectivity index (χ0v) is 13.7. The molecule has 0 amide bonds. The van der Waals surface area contributed by atoms with Crippen molar-refractivity contribution < 1.29 is 0 Å². The molecular formula is C19H25N3. The van der Waals surface area contributed by atoms with Crippen LogP contribution in [-0.4, -0.2) is 29.5 Å². The minimum absolute atomic E-state index is 0.481. The van der Waals surface area contributed by atoms with Gasteiger partial charge in [0.25, 0.3) is 0 Å². The molecule has 2 aromatic rings. The molecule has 1 aliphatic heterocycles. The smallest absolute Gasteiger partial charge is 0.137 e. The molecule has 0 aliphatic carbocycles. The topological polar surface area (TPSA) is 19.4 Å². The van der Waals surface area contributed by atoms with Gasteiger partial charge in [-0.25, -0.2) is 4.98 Å². The molecule has 0 bridgehead atoms. The van der Waals surface area contributed by atoms with Gasteiger partial charge in [0.2, 0.25) is 0 Å². The van der Waals surface area contributed by atoms with Crippen molar-refractivity contribution >= 4 is 11.5 Å². The molecule has 0 N–H and O–H groups in total. The van der Waals surface area contributed by atoms with E-state index in [2.05, 4.69) is 67.1 Å². The number of para-hydroxylation sites is 1. The van der Waals surface area contributed by atoms with E-state index >= 15 is 0 Å². The summed E-state index contributed by atoms with van der Waals surface area (Å²) < 4.78 is 0. The first-order chi connectivity index (χ1) is 10.7. The Morgan fingerprint density at radius 1 is 1.14 bits per heavy atom. The highest BCUT2D eigenvalue weighted by atomic mass is 15.2. The Balaban J connectivity index is 1.97. The lowest BCUT2D eigenvalue weighted by atomic mass is 10.0. The van der Waals surface area contributed by atoms with Crippen molar-refractivity contribution in [3.63, 3.8) is 0 Å². The lowest BCUT2D eigenvalue weighted by Gasteiger charge is -2.31. The minimum atomic E-state index is 0.481. The van der Waals surface area contributed by atoms with Crippen LogP contribution in [0.15, 0.2) is 48.7 Å². The van der Waals surface area contributed by atoms with Crippen molar-refractivity contribution in [1.82, 2.24) is 9.88 Å². The monoisotopic (exact) mass is 295 g/mol. The Kier molecular flexibility index (Phi) is 4.44. The van der Waals surface area contributed by atoms with Crippen LogP contribution in [0.2, 0.25) is 0 Å². The summed E-state index contributed by atoms with van der Waals surface area (Å²) in [5, 5.41) is 0. The first-order valence-electron chi connectivity index (χ1n) is 8.18. The Bertz CT molecular complexity index is 609. The third-order valence-corrected chi connectivity index (χ3v) is 4.59. The van der Waals surface area contributed by atoms with Crippen LogP contribution in [0.1, 0.15) is 38.3 Å². The van der Waals surface area contributed by atoms with Crippen LogP contribution < -0.4 is 4.90 Å². The SMILES string of the molecule is CC(C)N1CCC[C@H]1c1cccnc1N(C)c1ccccc1. The maximum Gasteiger partial charge on any atom is 0.137 e. The first-order valence-corrected chi connectivity index (χ1v) is 8.18. The van der Waals surface area contributed by atoms with Gasteiger partial charge in [0, 0.05) is 36.6 Å². The molecule has 22 heavy (non-hydrogen) atoms. The summed E-state index contributed by atoms with van der Waals surface area (Å²) in [5.74, 6) is 1.08. The third kappa shape index (κ3) is 2.86. The van der Waals surface area contributed by atoms with E-state index in [1.54, 1.807) is 0 Å². The van der Waals surface area contributed by atoms with Gasteiger partial charge in [0.1, 0.15) is 5.82 Å². The molecule has 3 rings (SSSR count). The van der Waals surface area contributed by atoms with Crippen LogP contribution in [0.4, 0.5) is 11.5 Å². The predicted molar refractivity (Wildman–Crippen MR) is 92.6 cm³/mol. The second-order valence-corrected chi connectivity index (χ2v) is 6.30. The molecular weight excluding hydrogens is 270 g/mol. The van der Waals surface area contributed by atoms with Crippen LogP contribution in [0.25, 0.3) is 0 Å². The van der Waals surface area contributed by atoms with Crippen LogP contribution in [0.5, 0.6) is 0 Å². The van der Waals surface area contributed by atoms with E-state index in [0.29, 0.717) is 12.1 Å². The Morgan fingerprint density at radius 3 is 2.64 bits per heavy atom. The molecule has 0 spiro atoms. The molecule has 1 aromatic carbocycles. The molecule has 0 unspecified atom stereocenters. The number of likely N-dealkylation sites (tertiary alicyclic amines) is 1. The maximum atomic E-state index is 4.69. The van der Waals surface area contributed by atoms with Gasteiger partial charge in [-0.2, -0.15) is 0 Å². The van der Waals surface area contributed by atoms with Gasteiger partial charge < -0.3 is 4.90 Å². The van der Waals surface area contributed by atoms with Crippen molar-refractivity contribution in [2.75, 3.05) is 18.5 Å². The Labute approximate surface area is 133 Å². The van der Waals surface area contributed by atoms with E-state index in [1.165, 1.54) is 30.6 Å². The van der Waals surface area contributed by atoms with Crippen molar-refractivity contribution in [3.8, 4) is 0 Å². The van der Waals surface area contributed by atoms with Gasteiger partial charge in [0.15, 0.2) is 0 Å². The normalized spacial score (nSPS) is 18.8. The minimum Gasteiger partial charge on any atom is -0.329 e. The van der Waals surface area contributed by atoms with Crippen LogP contribution in [-0.2, 0) is 0 Å². The fourth-order valence-electron chi connectivity index (χ4n) is 3.46. The summed E-state index contributed by atoms with van der Waals surface area (Å²) in [4.78, 5) is 9.49. The molecule has 1 atom stereocenters. The fraction of sp³-hybridized carbons (Fsp3) is 0.421. The van der Waals surface area contributed by atoms with Crippen LogP contribution in [0, 0.1) is 0 Å². The number of anilines is 2. The second kappa shape index (κ2) is 6.49. The molecule has 0 saturated carbocycles. The van der Waals surface area contributed by atoms with E-state index in [9.17, 15) is 0 Å². The number of aromatic nitrogens is 1. The molecule has 116 valence electrons. The first kappa shape index (κ1) is 15.0. The summed E-state index contributed by atoms with van der Waals surface area (Å²) in [5.41, 5.74) is 2.52. The van der Waals surface area contributed by atoms with E-state index in [0.717, 1.165) is 5.82 Å². The fourth-order valence-corrected chi connectivity index (χ4v) is 3.46. The summed E-state index contributed by atoms with van der Waals surface area (Å²) in [6.07, 6.45) is 4.39. The number of hydrogen-bond donors (Lipinski definition) is 0.